The van der Waals surface area contributed by atoms with Crippen LogP contribution >= 0.6 is 0 Å². The highest BCUT2D eigenvalue weighted by molar-refractivity contribution is 5.65. The van der Waals surface area contributed by atoms with E-state index in [9.17, 15) is 10.5 Å². The normalized spacial score (nSPS) is 15.7. The number of benzene rings is 1. The van der Waals surface area contributed by atoms with Gasteiger partial charge in [-0.2, -0.15) is 10.5 Å². The molecule has 1 aliphatic rings. The van der Waals surface area contributed by atoms with E-state index in [0.717, 1.165) is 41.0 Å². The summed E-state index contributed by atoms with van der Waals surface area (Å²) in [7, 11) is 4.01. The molecule has 0 aliphatic heterocycles. The molecule has 0 heterocycles. The van der Waals surface area contributed by atoms with E-state index in [1.807, 2.05) is 56.3 Å². The minimum absolute atomic E-state index is 0.0141. The Bertz CT molecular complexity index is 858. The number of allylic oxidation sites excluding steroid dienone is 5. The molecule has 0 N–H and O–H groups in total. The summed E-state index contributed by atoms with van der Waals surface area (Å²) in [5, 5.41) is 18.4. The Balaban J connectivity index is 2.40. The molecule has 1 aromatic carbocycles. The van der Waals surface area contributed by atoms with Crippen molar-refractivity contribution in [1.82, 2.24) is 0 Å². The second-order valence-electron chi connectivity index (χ2n) is 7.74. The van der Waals surface area contributed by atoms with E-state index in [0.29, 0.717) is 6.61 Å². The molecule has 0 fully saturated rings. The third kappa shape index (κ3) is 5.25. The van der Waals surface area contributed by atoms with Crippen LogP contribution in [0.2, 0.25) is 0 Å². The Morgan fingerprint density at radius 1 is 1.19 bits per heavy atom. The molecule has 4 nitrogen and oxygen atoms in total. The van der Waals surface area contributed by atoms with Crippen LogP contribution in [-0.4, -0.2) is 20.7 Å². The molecule has 140 valence electrons. The molecule has 0 saturated heterocycles. The van der Waals surface area contributed by atoms with Crippen molar-refractivity contribution in [3.05, 3.63) is 52.6 Å². The number of nitrogens with zero attached hydrogens (tertiary/aromatic N) is 3. The summed E-state index contributed by atoms with van der Waals surface area (Å²) >= 11 is 0. The quantitative estimate of drug-likeness (QED) is 0.672. The highest BCUT2D eigenvalue weighted by Crippen LogP contribution is 2.39. The predicted molar refractivity (Wildman–Crippen MR) is 110 cm³/mol. The number of anilines is 1. The van der Waals surface area contributed by atoms with Gasteiger partial charge in [0.05, 0.1) is 6.61 Å². The minimum Gasteiger partial charge on any atom is -0.493 e. The summed E-state index contributed by atoms with van der Waals surface area (Å²) in [5.41, 5.74) is 4.26. The van der Waals surface area contributed by atoms with Gasteiger partial charge in [0, 0.05) is 31.4 Å². The van der Waals surface area contributed by atoms with Crippen molar-refractivity contribution in [3.63, 3.8) is 0 Å². The smallest absolute Gasteiger partial charge is 0.132 e. The van der Waals surface area contributed by atoms with Gasteiger partial charge in [-0.1, -0.05) is 32.1 Å². The first-order chi connectivity index (χ1) is 12.8. The monoisotopic (exact) mass is 361 g/mol. The van der Waals surface area contributed by atoms with Crippen molar-refractivity contribution in [3.8, 4) is 17.9 Å². The minimum atomic E-state index is 0.0141. The SMILES string of the molecule is CCOc1cc(N(C)C)ccc1/C=C/C1=CC(=C(C#N)C#N)CC(C)(C)C1. The van der Waals surface area contributed by atoms with E-state index in [4.69, 9.17) is 4.74 Å². The van der Waals surface area contributed by atoms with Gasteiger partial charge in [0.25, 0.3) is 0 Å². The van der Waals surface area contributed by atoms with Gasteiger partial charge < -0.3 is 9.64 Å². The molecule has 0 spiro atoms. The number of nitriles is 2. The van der Waals surface area contributed by atoms with Crippen LogP contribution in [0.3, 0.4) is 0 Å². The molecule has 0 bridgehead atoms. The maximum absolute atomic E-state index is 9.21. The molecular weight excluding hydrogens is 334 g/mol. The molecule has 27 heavy (non-hydrogen) atoms. The number of rotatable bonds is 5. The average molecular weight is 361 g/mol. The summed E-state index contributed by atoms with van der Waals surface area (Å²) in [5.74, 6) is 0.848. The van der Waals surface area contributed by atoms with Crippen LogP contribution in [0, 0.1) is 28.1 Å². The van der Waals surface area contributed by atoms with Crippen LogP contribution < -0.4 is 9.64 Å². The Morgan fingerprint density at radius 2 is 1.89 bits per heavy atom. The van der Waals surface area contributed by atoms with E-state index in [1.165, 1.54) is 0 Å². The molecule has 0 atom stereocenters. The Hall–Kier alpha value is -2.98. The molecule has 4 heteroatoms. The maximum Gasteiger partial charge on any atom is 0.132 e. The van der Waals surface area contributed by atoms with E-state index >= 15 is 0 Å². The topological polar surface area (TPSA) is 60.0 Å². The standard InChI is InChI=1S/C23H27N3O/c1-6-27-22-12-21(26(4)5)10-9-18(22)8-7-17-11-19(20(15-24)16-25)14-23(2,3)13-17/h7-12H,6,13-14H2,1-5H3/b8-7+. The Morgan fingerprint density at radius 3 is 2.48 bits per heavy atom. The van der Waals surface area contributed by atoms with Crippen LogP contribution in [0.25, 0.3) is 6.08 Å². The molecule has 0 aromatic heterocycles. The summed E-state index contributed by atoms with van der Waals surface area (Å²) in [6.45, 7) is 6.91. The summed E-state index contributed by atoms with van der Waals surface area (Å²) < 4.78 is 5.81. The molecule has 0 unspecified atom stereocenters. The molecular formula is C23H27N3O. The third-order valence-corrected chi connectivity index (χ3v) is 4.55. The van der Waals surface area contributed by atoms with E-state index in [2.05, 4.69) is 32.1 Å². The van der Waals surface area contributed by atoms with Crippen molar-refractivity contribution in [2.75, 3.05) is 25.6 Å². The second-order valence-corrected chi connectivity index (χ2v) is 7.74. The van der Waals surface area contributed by atoms with Crippen molar-refractivity contribution < 1.29 is 4.74 Å². The second kappa shape index (κ2) is 8.60. The van der Waals surface area contributed by atoms with Crippen molar-refractivity contribution >= 4 is 11.8 Å². The zero-order valence-corrected chi connectivity index (χ0v) is 16.8. The first-order valence-corrected chi connectivity index (χ1v) is 9.16. The molecule has 2 rings (SSSR count). The van der Waals surface area contributed by atoms with Crippen molar-refractivity contribution in [2.45, 2.75) is 33.6 Å². The van der Waals surface area contributed by atoms with E-state index in [1.54, 1.807) is 0 Å². The van der Waals surface area contributed by atoms with Crippen LogP contribution in [-0.2, 0) is 0 Å². The maximum atomic E-state index is 9.21. The molecule has 0 saturated carbocycles. The Kier molecular flexibility index (Phi) is 6.48. The summed E-state index contributed by atoms with van der Waals surface area (Å²) in [6.07, 6.45) is 7.74. The fraction of sp³-hybridized carbons (Fsp3) is 0.391. The lowest BCUT2D eigenvalue weighted by Gasteiger charge is -2.30. The summed E-state index contributed by atoms with van der Waals surface area (Å²) in [6, 6.07) is 10.2. The van der Waals surface area contributed by atoms with Gasteiger partial charge >= 0.3 is 0 Å². The highest BCUT2D eigenvalue weighted by Gasteiger charge is 2.26. The largest absolute Gasteiger partial charge is 0.493 e. The van der Waals surface area contributed by atoms with Gasteiger partial charge in [-0.15, -0.1) is 0 Å². The average Bonchev–Trinajstić information content (AvgIpc) is 2.60. The van der Waals surface area contributed by atoms with Crippen molar-refractivity contribution in [1.29, 1.82) is 10.5 Å². The van der Waals surface area contributed by atoms with Crippen molar-refractivity contribution in [2.24, 2.45) is 5.41 Å². The third-order valence-electron chi connectivity index (χ3n) is 4.55. The lowest BCUT2D eigenvalue weighted by atomic mass is 9.74. The summed E-state index contributed by atoms with van der Waals surface area (Å²) in [4.78, 5) is 2.05. The number of hydrogen-bond acceptors (Lipinski definition) is 4. The number of ether oxygens (including phenoxy) is 1. The fourth-order valence-corrected chi connectivity index (χ4v) is 3.31. The molecule has 1 aromatic rings. The fourth-order valence-electron chi connectivity index (χ4n) is 3.31. The first kappa shape index (κ1) is 20.3. The molecule has 1 aliphatic carbocycles. The lowest BCUT2D eigenvalue weighted by molar-refractivity contribution is 0.339. The molecule has 0 amide bonds. The van der Waals surface area contributed by atoms with Gasteiger partial charge in [0.2, 0.25) is 0 Å². The predicted octanol–water partition coefficient (Wildman–Crippen LogP) is 5.25. The van der Waals surface area contributed by atoms with Gasteiger partial charge in [-0.25, -0.2) is 0 Å². The van der Waals surface area contributed by atoms with Crippen LogP contribution in [0.1, 0.15) is 39.2 Å². The number of hydrogen-bond donors (Lipinski definition) is 0. The zero-order valence-electron chi connectivity index (χ0n) is 16.8. The zero-order chi connectivity index (χ0) is 20.0. The van der Waals surface area contributed by atoms with Crippen LogP contribution in [0.15, 0.2) is 47.1 Å². The molecule has 0 radical (unpaired) electrons. The van der Waals surface area contributed by atoms with E-state index in [-0.39, 0.29) is 11.0 Å². The van der Waals surface area contributed by atoms with E-state index < -0.39 is 0 Å². The van der Waals surface area contributed by atoms with Gasteiger partial charge in [-0.05, 0) is 48.5 Å². The lowest BCUT2D eigenvalue weighted by Crippen LogP contribution is -2.17. The van der Waals surface area contributed by atoms with Crippen LogP contribution in [0.5, 0.6) is 5.75 Å². The van der Waals surface area contributed by atoms with Gasteiger partial charge in [0.1, 0.15) is 23.5 Å². The van der Waals surface area contributed by atoms with Gasteiger partial charge in [0.15, 0.2) is 0 Å². The highest BCUT2D eigenvalue weighted by atomic mass is 16.5. The van der Waals surface area contributed by atoms with Gasteiger partial charge in [-0.3, -0.25) is 0 Å². The Labute approximate surface area is 162 Å². The van der Waals surface area contributed by atoms with Crippen LogP contribution in [0.4, 0.5) is 5.69 Å². The first-order valence-electron chi connectivity index (χ1n) is 9.16.